The molecule has 0 saturated carbocycles. The average molecular weight is 264 g/mol. The summed E-state index contributed by atoms with van der Waals surface area (Å²) in [5.41, 5.74) is 0.661. The van der Waals surface area contributed by atoms with E-state index in [1.165, 1.54) is 17.5 Å². The number of nitrogens with zero attached hydrogens (tertiary/aromatic N) is 2. The number of rotatable bonds is 3. The van der Waals surface area contributed by atoms with E-state index in [0.29, 0.717) is 0 Å². The molecule has 0 spiro atoms. The number of hydrogen-bond donors (Lipinski definition) is 2. The second kappa shape index (κ2) is 5.09. The Kier molecular flexibility index (Phi) is 3.52. The summed E-state index contributed by atoms with van der Waals surface area (Å²) in [5, 5.41) is 5.50. The zero-order valence-corrected chi connectivity index (χ0v) is 10.7. The third-order valence-corrected chi connectivity index (χ3v) is 3.40. The first-order valence-corrected chi connectivity index (χ1v) is 6.21. The molecule has 18 heavy (non-hydrogen) atoms. The summed E-state index contributed by atoms with van der Waals surface area (Å²) < 4.78 is 0. The van der Waals surface area contributed by atoms with Gasteiger partial charge in [0.1, 0.15) is 10.7 Å². The monoisotopic (exact) mass is 264 g/mol. The van der Waals surface area contributed by atoms with E-state index in [0.717, 1.165) is 16.9 Å². The van der Waals surface area contributed by atoms with Gasteiger partial charge in [-0.15, -0.1) is 11.3 Å². The van der Waals surface area contributed by atoms with Gasteiger partial charge in [0.15, 0.2) is 0 Å². The van der Waals surface area contributed by atoms with E-state index in [2.05, 4.69) is 20.3 Å². The number of thiazole rings is 1. The van der Waals surface area contributed by atoms with Crippen LogP contribution in [0.25, 0.3) is 0 Å². The number of H-pyrrole nitrogens is 1. The van der Waals surface area contributed by atoms with Crippen molar-refractivity contribution in [3.63, 3.8) is 0 Å². The first kappa shape index (κ1) is 12.4. The fourth-order valence-corrected chi connectivity index (χ4v) is 2.20. The SMILES string of the molecule is Cc1csc([C@H](C)NC(=O)c2cncc(=O)[nH]2)n1. The summed E-state index contributed by atoms with van der Waals surface area (Å²) in [7, 11) is 0. The van der Waals surface area contributed by atoms with E-state index < -0.39 is 5.56 Å². The first-order chi connectivity index (χ1) is 8.56. The Morgan fingerprint density at radius 3 is 2.89 bits per heavy atom. The molecule has 0 aliphatic carbocycles. The number of carbonyl (C=O) groups is 1. The zero-order chi connectivity index (χ0) is 13.1. The summed E-state index contributed by atoms with van der Waals surface area (Å²) in [6, 6.07) is -0.208. The normalized spacial score (nSPS) is 12.1. The van der Waals surface area contributed by atoms with Crippen molar-refractivity contribution in [1.82, 2.24) is 20.3 Å². The maximum Gasteiger partial charge on any atom is 0.269 e. The van der Waals surface area contributed by atoms with Crippen LogP contribution in [0.3, 0.4) is 0 Å². The molecule has 0 radical (unpaired) electrons. The highest BCUT2D eigenvalue weighted by molar-refractivity contribution is 7.09. The highest BCUT2D eigenvalue weighted by Gasteiger charge is 2.14. The van der Waals surface area contributed by atoms with Crippen LogP contribution in [-0.2, 0) is 0 Å². The van der Waals surface area contributed by atoms with Gasteiger partial charge < -0.3 is 10.3 Å². The lowest BCUT2D eigenvalue weighted by Gasteiger charge is -2.10. The van der Waals surface area contributed by atoms with Crippen LogP contribution in [0.4, 0.5) is 0 Å². The molecule has 0 unspecified atom stereocenters. The van der Waals surface area contributed by atoms with Crippen LogP contribution < -0.4 is 10.9 Å². The molecule has 0 fully saturated rings. The van der Waals surface area contributed by atoms with Gasteiger partial charge >= 0.3 is 0 Å². The van der Waals surface area contributed by atoms with Gasteiger partial charge in [-0.1, -0.05) is 0 Å². The molecule has 94 valence electrons. The second-order valence-corrected chi connectivity index (χ2v) is 4.72. The molecule has 0 aliphatic heterocycles. The highest BCUT2D eigenvalue weighted by atomic mass is 32.1. The Morgan fingerprint density at radius 2 is 2.28 bits per heavy atom. The van der Waals surface area contributed by atoms with Gasteiger partial charge in [0.2, 0.25) is 0 Å². The molecule has 6 nitrogen and oxygen atoms in total. The van der Waals surface area contributed by atoms with Crippen LogP contribution in [-0.4, -0.2) is 20.9 Å². The topological polar surface area (TPSA) is 87.7 Å². The predicted molar refractivity (Wildman–Crippen MR) is 67.6 cm³/mol. The van der Waals surface area contributed by atoms with Crippen LogP contribution in [0.1, 0.15) is 34.2 Å². The van der Waals surface area contributed by atoms with E-state index in [1.807, 2.05) is 19.2 Å². The van der Waals surface area contributed by atoms with Crippen molar-refractivity contribution in [2.75, 3.05) is 0 Å². The molecule has 7 heteroatoms. The molecule has 2 heterocycles. The fraction of sp³-hybridized carbons (Fsp3) is 0.273. The van der Waals surface area contributed by atoms with Gasteiger partial charge in [-0.3, -0.25) is 14.6 Å². The van der Waals surface area contributed by atoms with Gasteiger partial charge in [-0.2, -0.15) is 0 Å². The Hall–Kier alpha value is -2.02. The van der Waals surface area contributed by atoms with Gasteiger partial charge in [0, 0.05) is 11.1 Å². The number of aromatic amines is 1. The molecular weight excluding hydrogens is 252 g/mol. The van der Waals surface area contributed by atoms with Crippen molar-refractivity contribution in [3.05, 3.63) is 44.5 Å². The molecule has 2 aromatic rings. The zero-order valence-electron chi connectivity index (χ0n) is 9.93. The minimum Gasteiger partial charge on any atom is -0.342 e. The molecule has 1 amide bonds. The molecule has 0 bridgehead atoms. The van der Waals surface area contributed by atoms with E-state index in [1.54, 1.807) is 0 Å². The maximum absolute atomic E-state index is 11.8. The van der Waals surface area contributed by atoms with Crippen molar-refractivity contribution in [2.45, 2.75) is 19.9 Å². The molecule has 0 aliphatic rings. The summed E-state index contributed by atoms with van der Waals surface area (Å²) in [6.07, 6.45) is 2.43. The van der Waals surface area contributed by atoms with Crippen molar-refractivity contribution >= 4 is 17.2 Å². The fourth-order valence-electron chi connectivity index (χ4n) is 1.40. The number of carbonyl (C=O) groups excluding carboxylic acids is 1. The third-order valence-electron chi connectivity index (χ3n) is 2.25. The molecule has 2 rings (SSSR count). The van der Waals surface area contributed by atoms with Crippen molar-refractivity contribution in [1.29, 1.82) is 0 Å². The van der Waals surface area contributed by atoms with Crippen LogP contribution in [0.5, 0.6) is 0 Å². The van der Waals surface area contributed by atoms with Gasteiger partial charge in [-0.25, -0.2) is 4.98 Å². The summed E-state index contributed by atoms with van der Waals surface area (Å²) in [6.45, 7) is 3.73. The minimum absolute atomic E-state index is 0.141. The summed E-state index contributed by atoms with van der Waals surface area (Å²) in [5.74, 6) is -0.374. The van der Waals surface area contributed by atoms with Crippen LogP contribution in [0.2, 0.25) is 0 Å². The molecule has 0 aromatic carbocycles. The van der Waals surface area contributed by atoms with Crippen molar-refractivity contribution < 1.29 is 4.79 Å². The third kappa shape index (κ3) is 2.80. The standard InChI is InChI=1S/C11H12N4O2S/c1-6-5-18-11(13-6)7(2)14-10(17)8-3-12-4-9(16)15-8/h3-5,7H,1-2H3,(H,14,17)(H,15,16)/t7-/m0/s1. The minimum atomic E-state index is -0.402. The molecule has 0 saturated heterocycles. The second-order valence-electron chi connectivity index (χ2n) is 3.83. The number of aromatic nitrogens is 3. The lowest BCUT2D eigenvalue weighted by atomic mass is 10.3. The summed E-state index contributed by atoms with van der Waals surface area (Å²) >= 11 is 1.48. The van der Waals surface area contributed by atoms with Crippen molar-refractivity contribution in [3.8, 4) is 0 Å². The van der Waals surface area contributed by atoms with Crippen molar-refractivity contribution in [2.24, 2.45) is 0 Å². The molecular formula is C11H12N4O2S. The van der Waals surface area contributed by atoms with Gasteiger partial charge in [-0.05, 0) is 13.8 Å². The molecule has 2 N–H and O–H groups in total. The van der Waals surface area contributed by atoms with Gasteiger partial charge in [0.25, 0.3) is 11.5 Å². The number of aryl methyl sites for hydroxylation is 1. The molecule has 2 aromatic heterocycles. The number of nitrogens with one attached hydrogen (secondary N) is 2. The van der Waals surface area contributed by atoms with Crippen LogP contribution >= 0.6 is 11.3 Å². The van der Waals surface area contributed by atoms with E-state index in [9.17, 15) is 9.59 Å². The van der Waals surface area contributed by atoms with E-state index in [-0.39, 0.29) is 17.6 Å². The number of hydrogen-bond acceptors (Lipinski definition) is 5. The predicted octanol–water partition coefficient (Wildman–Crippen LogP) is 1.03. The quantitative estimate of drug-likeness (QED) is 0.866. The lowest BCUT2D eigenvalue weighted by molar-refractivity contribution is 0.0934. The largest absolute Gasteiger partial charge is 0.342 e. The highest BCUT2D eigenvalue weighted by Crippen LogP contribution is 2.17. The van der Waals surface area contributed by atoms with E-state index in [4.69, 9.17) is 0 Å². The Morgan fingerprint density at radius 1 is 1.50 bits per heavy atom. The average Bonchev–Trinajstić information content (AvgIpc) is 2.76. The van der Waals surface area contributed by atoms with Gasteiger partial charge in [0.05, 0.1) is 18.4 Å². The smallest absolute Gasteiger partial charge is 0.269 e. The first-order valence-electron chi connectivity index (χ1n) is 5.33. The summed E-state index contributed by atoms with van der Waals surface area (Å²) in [4.78, 5) is 33.3. The van der Waals surface area contributed by atoms with E-state index >= 15 is 0 Å². The maximum atomic E-state index is 11.8. The lowest BCUT2D eigenvalue weighted by Crippen LogP contribution is -2.29. The van der Waals surface area contributed by atoms with Crippen LogP contribution in [0.15, 0.2) is 22.6 Å². The Labute approximate surface area is 107 Å². The number of amides is 1. The Bertz CT molecular complexity index is 619. The molecule has 1 atom stereocenters. The Balaban J connectivity index is 2.10. The van der Waals surface area contributed by atoms with Crippen LogP contribution in [0, 0.1) is 6.92 Å².